The van der Waals surface area contributed by atoms with Gasteiger partial charge in [-0.05, 0) is 36.8 Å². The maximum atomic E-state index is 11.8. The molecule has 1 amide bonds. The van der Waals surface area contributed by atoms with Crippen molar-refractivity contribution >= 4 is 29.1 Å². The van der Waals surface area contributed by atoms with Crippen molar-refractivity contribution in [3.63, 3.8) is 0 Å². The number of fused-ring (bicyclic) bond motifs is 1. The Kier molecular flexibility index (Phi) is 6.46. The quantitative estimate of drug-likeness (QED) is 0.633. The van der Waals surface area contributed by atoms with Crippen LogP contribution in [-0.4, -0.2) is 49.6 Å². The van der Waals surface area contributed by atoms with Crippen molar-refractivity contribution < 1.29 is 19.0 Å². The lowest BCUT2D eigenvalue weighted by Crippen LogP contribution is -2.38. The van der Waals surface area contributed by atoms with Crippen molar-refractivity contribution in [2.45, 2.75) is 37.1 Å². The molecule has 0 spiro atoms. The topological polar surface area (TPSA) is 85.5 Å². The van der Waals surface area contributed by atoms with Crippen LogP contribution in [0.25, 0.3) is 0 Å². The van der Waals surface area contributed by atoms with Gasteiger partial charge in [0.15, 0.2) is 0 Å². The van der Waals surface area contributed by atoms with Crippen molar-refractivity contribution in [2.24, 2.45) is 0 Å². The first-order chi connectivity index (χ1) is 15.0. The van der Waals surface area contributed by atoms with E-state index in [1.807, 2.05) is 0 Å². The predicted octanol–water partition coefficient (Wildman–Crippen LogP) is 3.79. The molecule has 2 N–H and O–H groups in total. The number of rotatable bonds is 6. The molecule has 9 heteroatoms. The van der Waals surface area contributed by atoms with Crippen molar-refractivity contribution in [1.29, 1.82) is 0 Å². The van der Waals surface area contributed by atoms with Crippen molar-refractivity contribution in [3.05, 3.63) is 51.3 Å². The van der Waals surface area contributed by atoms with E-state index in [0.29, 0.717) is 34.8 Å². The van der Waals surface area contributed by atoms with Gasteiger partial charge in [-0.25, -0.2) is 0 Å². The van der Waals surface area contributed by atoms with Crippen LogP contribution in [0, 0.1) is 0 Å². The molecule has 2 heterocycles. The Balaban J connectivity index is 1.61. The molecule has 1 aromatic carbocycles. The van der Waals surface area contributed by atoms with Crippen molar-refractivity contribution in [2.75, 3.05) is 27.4 Å². The summed E-state index contributed by atoms with van der Waals surface area (Å²) in [4.78, 5) is 11.8. The number of aromatic amines is 1. The molecule has 4 rings (SSSR count). The molecular formula is C22H25Cl2N3O4. The molecule has 0 radical (unpaired) electrons. The smallest absolute Gasteiger partial charge is 0.243 e. The van der Waals surface area contributed by atoms with Crippen LogP contribution < -0.4 is 14.8 Å². The third kappa shape index (κ3) is 4.02. The van der Waals surface area contributed by atoms with E-state index in [-0.39, 0.29) is 23.8 Å². The number of nitrogens with zero attached hydrogens (tertiary/aromatic N) is 1. The van der Waals surface area contributed by atoms with E-state index in [4.69, 9.17) is 37.4 Å². The molecule has 2 aromatic rings. The largest absolute Gasteiger partial charge is 0.495 e. The van der Waals surface area contributed by atoms with Gasteiger partial charge in [0.1, 0.15) is 11.5 Å². The number of nitrogens with one attached hydrogen (secondary N) is 2. The number of carbonyl (C=O) groups is 1. The Labute approximate surface area is 191 Å². The highest BCUT2D eigenvalue weighted by Crippen LogP contribution is 2.47. The molecule has 1 saturated heterocycles. The lowest BCUT2D eigenvalue weighted by molar-refractivity contribution is -0.117. The van der Waals surface area contributed by atoms with Gasteiger partial charge in [-0.3, -0.25) is 9.89 Å². The fraction of sp³-hybridized carbons (Fsp3) is 0.455. The van der Waals surface area contributed by atoms with Crippen LogP contribution in [0.15, 0.2) is 18.7 Å². The van der Waals surface area contributed by atoms with Gasteiger partial charge in [0.25, 0.3) is 0 Å². The van der Waals surface area contributed by atoms with Crippen molar-refractivity contribution in [3.8, 4) is 11.5 Å². The van der Waals surface area contributed by atoms with Crippen molar-refractivity contribution in [1.82, 2.24) is 15.5 Å². The average molecular weight is 466 g/mol. The van der Waals surface area contributed by atoms with Gasteiger partial charge in [-0.1, -0.05) is 29.8 Å². The Bertz CT molecular complexity index is 979. The molecule has 0 bridgehead atoms. The molecule has 1 aromatic heterocycles. The molecule has 3 unspecified atom stereocenters. The van der Waals surface area contributed by atoms with Gasteiger partial charge < -0.3 is 19.5 Å². The maximum absolute atomic E-state index is 11.8. The summed E-state index contributed by atoms with van der Waals surface area (Å²) in [5.74, 6) is 0.975. The SMILES string of the molecule is C=CC(=O)NC1COCC1c1n[nH]c2c1CCC(c1c(Cl)c(OC)cc(OC)c1Cl)C2. The summed E-state index contributed by atoms with van der Waals surface area (Å²) in [5, 5.41) is 11.8. The number of hydrogen-bond donors (Lipinski definition) is 2. The average Bonchev–Trinajstić information content (AvgIpc) is 3.40. The summed E-state index contributed by atoms with van der Waals surface area (Å²) in [6.45, 7) is 4.51. The van der Waals surface area contributed by atoms with Gasteiger partial charge in [0.05, 0.1) is 49.2 Å². The molecule has 1 aliphatic carbocycles. The third-order valence-corrected chi connectivity index (χ3v) is 6.92. The second-order valence-corrected chi connectivity index (χ2v) is 8.55. The first kappa shape index (κ1) is 22.0. The standard InChI is InChI=1S/C22H25Cl2N3O4/c1-4-18(28)25-15-10-31-9-13(15)22-12-6-5-11(7-14(12)26-27-22)19-20(23)16(29-2)8-17(30-3)21(19)24/h4,8,11,13,15H,1,5-7,9-10H2,2-3H3,(H,25,28)(H,26,27). The summed E-state index contributed by atoms with van der Waals surface area (Å²) in [7, 11) is 3.15. The minimum Gasteiger partial charge on any atom is -0.495 e. The van der Waals surface area contributed by atoms with E-state index >= 15 is 0 Å². The summed E-state index contributed by atoms with van der Waals surface area (Å²) in [6.07, 6.45) is 3.66. The van der Waals surface area contributed by atoms with Crippen LogP contribution in [-0.2, 0) is 22.4 Å². The van der Waals surface area contributed by atoms with E-state index in [0.717, 1.165) is 36.2 Å². The highest BCUT2D eigenvalue weighted by atomic mass is 35.5. The summed E-state index contributed by atoms with van der Waals surface area (Å²) in [6, 6.07) is 1.58. The number of carbonyl (C=O) groups excluding carboxylic acids is 1. The van der Waals surface area contributed by atoms with E-state index in [1.54, 1.807) is 20.3 Å². The number of amides is 1. The number of halogens is 2. The highest BCUT2D eigenvalue weighted by Gasteiger charge is 2.37. The van der Waals surface area contributed by atoms with Gasteiger partial charge >= 0.3 is 0 Å². The minimum absolute atomic E-state index is 0.00420. The number of benzene rings is 1. The van der Waals surface area contributed by atoms with E-state index in [1.165, 1.54) is 11.6 Å². The van der Waals surface area contributed by atoms with E-state index in [9.17, 15) is 4.79 Å². The van der Waals surface area contributed by atoms with Gasteiger partial charge in [-0.15, -0.1) is 0 Å². The van der Waals surface area contributed by atoms with Gasteiger partial charge in [-0.2, -0.15) is 5.10 Å². The summed E-state index contributed by atoms with van der Waals surface area (Å²) < 4.78 is 16.5. The third-order valence-electron chi connectivity index (χ3n) is 6.14. The Morgan fingerprint density at radius 2 is 2.00 bits per heavy atom. The molecular weight excluding hydrogens is 441 g/mol. The second kappa shape index (κ2) is 9.10. The molecule has 31 heavy (non-hydrogen) atoms. The van der Waals surface area contributed by atoms with E-state index < -0.39 is 0 Å². The molecule has 7 nitrogen and oxygen atoms in total. The number of hydrogen-bond acceptors (Lipinski definition) is 5. The maximum Gasteiger partial charge on any atom is 0.243 e. The molecule has 1 fully saturated rings. The Morgan fingerprint density at radius 1 is 1.29 bits per heavy atom. The minimum atomic E-state index is -0.207. The summed E-state index contributed by atoms with van der Waals surface area (Å²) >= 11 is 13.3. The van der Waals surface area contributed by atoms with Crippen LogP contribution in [0.2, 0.25) is 10.0 Å². The van der Waals surface area contributed by atoms with Gasteiger partial charge in [0.2, 0.25) is 5.91 Å². The normalized spacial score (nSPS) is 22.6. The first-order valence-electron chi connectivity index (χ1n) is 10.1. The summed E-state index contributed by atoms with van der Waals surface area (Å²) in [5.41, 5.74) is 4.04. The lowest BCUT2D eigenvalue weighted by Gasteiger charge is -2.27. The van der Waals surface area contributed by atoms with Gasteiger partial charge in [0, 0.05) is 23.2 Å². The second-order valence-electron chi connectivity index (χ2n) is 7.79. The molecule has 2 aliphatic rings. The molecule has 0 saturated carbocycles. The fourth-order valence-electron chi connectivity index (χ4n) is 4.56. The van der Waals surface area contributed by atoms with E-state index in [2.05, 4.69) is 22.1 Å². The Hall–Kier alpha value is -2.22. The van der Waals surface area contributed by atoms with Crippen LogP contribution >= 0.6 is 23.2 Å². The zero-order valence-electron chi connectivity index (χ0n) is 17.5. The molecule has 3 atom stereocenters. The fourth-order valence-corrected chi connectivity index (χ4v) is 5.37. The van der Waals surface area contributed by atoms with Crippen LogP contribution in [0.4, 0.5) is 0 Å². The number of H-pyrrole nitrogens is 1. The number of aromatic nitrogens is 2. The zero-order valence-corrected chi connectivity index (χ0v) is 19.0. The molecule has 1 aliphatic heterocycles. The van der Waals surface area contributed by atoms with Crippen LogP contribution in [0.3, 0.4) is 0 Å². The lowest BCUT2D eigenvalue weighted by atomic mass is 9.80. The molecule has 166 valence electrons. The Morgan fingerprint density at radius 3 is 2.65 bits per heavy atom. The predicted molar refractivity (Wildman–Crippen MR) is 119 cm³/mol. The van der Waals surface area contributed by atoms with Crippen LogP contribution in [0.5, 0.6) is 11.5 Å². The highest BCUT2D eigenvalue weighted by molar-refractivity contribution is 6.38. The monoisotopic (exact) mass is 465 g/mol. The van der Waals surface area contributed by atoms with Crippen LogP contribution in [0.1, 0.15) is 40.8 Å². The number of ether oxygens (including phenoxy) is 3. The first-order valence-corrected chi connectivity index (χ1v) is 10.9. The number of methoxy groups -OCH3 is 2. The zero-order chi connectivity index (χ0) is 22.1.